The van der Waals surface area contributed by atoms with Crippen LogP contribution in [0.2, 0.25) is 0 Å². The van der Waals surface area contributed by atoms with Crippen molar-refractivity contribution in [3.63, 3.8) is 0 Å². The van der Waals surface area contributed by atoms with Crippen molar-refractivity contribution in [1.29, 1.82) is 0 Å². The first kappa shape index (κ1) is 20.9. The number of aromatic nitrogens is 1. The minimum atomic E-state index is -3.91. The maximum atomic E-state index is 13.3. The summed E-state index contributed by atoms with van der Waals surface area (Å²) in [5, 5.41) is 0.577. The van der Waals surface area contributed by atoms with Gasteiger partial charge < -0.3 is 9.47 Å². The van der Waals surface area contributed by atoms with Gasteiger partial charge in [-0.15, -0.1) is 0 Å². The molecule has 2 aromatic carbocycles. The van der Waals surface area contributed by atoms with E-state index in [1.54, 1.807) is 55.5 Å². The molecular weight excluding hydrogens is 418 g/mol. The first-order chi connectivity index (χ1) is 14.5. The monoisotopic (exact) mass is 439 g/mol. The van der Waals surface area contributed by atoms with E-state index in [4.69, 9.17) is 9.47 Å². The number of ether oxygens (including phenoxy) is 2. The lowest BCUT2D eigenvalue weighted by Crippen LogP contribution is -2.42. The molecule has 160 valence electrons. The molecule has 0 saturated carbocycles. The molecule has 1 aliphatic heterocycles. The van der Waals surface area contributed by atoms with E-state index >= 15 is 0 Å². The van der Waals surface area contributed by atoms with Gasteiger partial charge in [0.05, 0.1) is 10.4 Å². The fourth-order valence-electron chi connectivity index (χ4n) is 3.56. The lowest BCUT2D eigenvalue weighted by atomic mass is 10.00. The lowest BCUT2D eigenvalue weighted by Gasteiger charge is -2.30. The molecule has 0 bridgehead atoms. The van der Waals surface area contributed by atoms with Crippen LogP contribution in [0.5, 0.6) is 0 Å². The standard InChI is InChI=1S/C23H21NO6S/c1-14-9-11-16(12-10-14)31(27,28)24-13-18(17-7-5-6-8-19(17)24)15(2)20-21(25)29-23(3,4)30-22(20)26/h5-13H,1-4H3. The largest absolute Gasteiger partial charge is 0.419 e. The summed E-state index contributed by atoms with van der Waals surface area (Å²) in [6.07, 6.45) is 1.42. The Bertz CT molecular complexity index is 1340. The van der Waals surface area contributed by atoms with Crippen LogP contribution in [0, 0.1) is 6.92 Å². The number of aryl methyl sites for hydroxylation is 1. The zero-order valence-corrected chi connectivity index (χ0v) is 18.3. The number of esters is 2. The minimum Gasteiger partial charge on any atom is -0.419 e. The molecule has 1 fully saturated rings. The summed E-state index contributed by atoms with van der Waals surface area (Å²) in [6.45, 7) is 6.38. The van der Waals surface area contributed by atoms with Crippen LogP contribution in [0.15, 0.2) is 65.2 Å². The van der Waals surface area contributed by atoms with Crippen LogP contribution in [0.25, 0.3) is 16.5 Å². The van der Waals surface area contributed by atoms with Crippen molar-refractivity contribution in [2.45, 2.75) is 38.4 Å². The van der Waals surface area contributed by atoms with Gasteiger partial charge in [0, 0.05) is 31.0 Å². The molecule has 7 nitrogen and oxygen atoms in total. The van der Waals surface area contributed by atoms with Gasteiger partial charge in [0.15, 0.2) is 0 Å². The van der Waals surface area contributed by atoms with E-state index in [-0.39, 0.29) is 16.0 Å². The smallest absolute Gasteiger partial charge is 0.349 e. The molecule has 0 aliphatic carbocycles. The van der Waals surface area contributed by atoms with Crippen LogP contribution in [-0.2, 0) is 29.1 Å². The maximum absolute atomic E-state index is 13.3. The highest BCUT2D eigenvalue weighted by molar-refractivity contribution is 7.90. The third-order valence-corrected chi connectivity index (χ3v) is 6.81. The number of hydrogen-bond donors (Lipinski definition) is 0. The lowest BCUT2D eigenvalue weighted by molar-refractivity contribution is -0.222. The second-order valence-corrected chi connectivity index (χ2v) is 9.67. The van der Waals surface area contributed by atoms with E-state index in [1.807, 2.05) is 6.92 Å². The molecule has 2 heterocycles. The summed E-state index contributed by atoms with van der Waals surface area (Å²) in [5.41, 5.74) is 1.81. The predicted molar refractivity (Wildman–Crippen MR) is 115 cm³/mol. The van der Waals surface area contributed by atoms with Crippen LogP contribution >= 0.6 is 0 Å². The Hall–Kier alpha value is -3.39. The number of para-hydroxylation sites is 1. The second kappa shape index (κ2) is 7.09. The molecular formula is C23H21NO6S. The van der Waals surface area contributed by atoms with Gasteiger partial charge in [0.25, 0.3) is 15.8 Å². The van der Waals surface area contributed by atoms with Crippen molar-refractivity contribution in [2.24, 2.45) is 0 Å². The molecule has 0 radical (unpaired) electrons. The van der Waals surface area contributed by atoms with Crippen LogP contribution in [0.4, 0.5) is 0 Å². The highest BCUT2D eigenvalue weighted by Crippen LogP contribution is 2.34. The number of cyclic esters (lactones) is 2. The Labute approximate surface area is 179 Å². The van der Waals surface area contributed by atoms with E-state index in [9.17, 15) is 18.0 Å². The van der Waals surface area contributed by atoms with E-state index in [1.165, 1.54) is 20.0 Å². The molecule has 3 aromatic rings. The van der Waals surface area contributed by atoms with Gasteiger partial charge in [0.1, 0.15) is 5.57 Å². The van der Waals surface area contributed by atoms with Crippen molar-refractivity contribution in [2.75, 3.05) is 0 Å². The molecule has 1 aromatic heterocycles. The van der Waals surface area contributed by atoms with Gasteiger partial charge in [0.2, 0.25) is 0 Å². The number of nitrogens with zero attached hydrogens (tertiary/aromatic N) is 1. The van der Waals surface area contributed by atoms with Gasteiger partial charge in [-0.1, -0.05) is 35.9 Å². The second-order valence-electron chi connectivity index (χ2n) is 7.85. The Morgan fingerprint density at radius 1 is 0.935 bits per heavy atom. The van der Waals surface area contributed by atoms with E-state index in [0.717, 1.165) is 9.54 Å². The number of allylic oxidation sites excluding steroid dienone is 1. The summed E-state index contributed by atoms with van der Waals surface area (Å²) < 4.78 is 38.3. The third kappa shape index (κ3) is 3.53. The summed E-state index contributed by atoms with van der Waals surface area (Å²) in [4.78, 5) is 25.2. The maximum Gasteiger partial charge on any atom is 0.349 e. The molecule has 0 amide bonds. The summed E-state index contributed by atoms with van der Waals surface area (Å²) in [7, 11) is -3.91. The van der Waals surface area contributed by atoms with Gasteiger partial charge in [-0.2, -0.15) is 0 Å². The number of rotatable bonds is 3. The molecule has 31 heavy (non-hydrogen) atoms. The zero-order valence-electron chi connectivity index (χ0n) is 17.5. The molecule has 1 saturated heterocycles. The number of benzene rings is 2. The molecule has 0 atom stereocenters. The number of fused-ring (bicyclic) bond motifs is 1. The fourth-order valence-corrected chi connectivity index (χ4v) is 4.93. The first-order valence-corrected chi connectivity index (χ1v) is 11.1. The zero-order chi connectivity index (χ0) is 22.6. The quantitative estimate of drug-likeness (QED) is 0.350. The fraction of sp³-hybridized carbons (Fsp3) is 0.217. The minimum absolute atomic E-state index is 0.133. The van der Waals surface area contributed by atoms with Crippen LogP contribution in [0.1, 0.15) is 31.9 Å². The predicted octanol–water partition coefficient (Wildman–Crippen LogP) is 3.80. The Balaban J connectivity index is 1.93. The first-order valence-electron chi connectivity index (χ1n) is 9.61. The van der Waals surface area contributed by atoms with Crippen LogP contribution in [0.3, 0.4) is 0 Å². The average molecular weight is 439 g/mol. The van der Waals surface area contributed by atoms with E-state index in [2.05, 4.69) is 0 Å². The van der Waals surface area contributed by atoms with Crippen molar-refractivity contribution in [3.05, 3.63) is 71.4 Å². The van der Waals surface area contributed by atoms with Gasteiger partial charge in [-0.05, 0) is 37.6 Å². The van der Waals surface area contributed by atoms with Crippen LogP contribution < -0.4 is 0 Å². The van der Waals surface area contributed by atoms with Crippen LogP contribution in [-0.4, -0.2) is 30.1 Å². The van der Waals surface area contributed by atoms with Gasteiger partial charge >= 0.3 is 11.9 Å². The highest BCUT2D eigenvalue weighted by atomic mass is 32.2. The molecule has 4 rings (SSSR count). The SMILES string of the molecule is CC(=C1C(=O)OC(C)(C)OC1=O)c1cn(S(=O)(=O)c2ccc(C)cc2)c2ccccc12. The number of carbonyl (C=O) groups is 2. The van der Waals surface area contributed by atoms with E-state index < -0.39 is 27.7 Å². The van der Waals surface area contributed by atoms with Crippen molar-refractivity contribution in [3.8, 4) is 0 Å². The van der Waals surface area contributed by atoms with Crippen molar-refractivity contribution >= 4 is 38.4 Å². The molecule has 0 unspecified atom stereocenters. The summed E-state index contributed by atoms with van der Waals surface area (Å²) >= 11 is 0. The molecule has 0 spiro atoms. The molecule has 8 heteroatoms. The topological polar surface area (TPSA) is 91.7 Å². The van der Waals surface area contributed by atoms with Gasteiger partial charge in [-0.3, -0.25) is 0 Å². The van der Waals surface area contributed by atoms with Gasteiger partial charge in [-0.25, -0.2) is 22.0 Å². The highest BCUT2D eigenvalue weighted by Gasteiger charge is 2.40. The third-order valence-electron chi connectivity index (χ3n) is 5.12. The Kier molecular flexibility index (Phi) is 4.77. The molecule has 0 N–H and O–H groups in total. The van der Waals surface area contributed by atoms with Crippen molar-refractivity contribution < 1.29 is 27.5 Å². The molecule has 1 aliphatic rings. The number of carbonyl (C=O) groups excluding carboxylic acids is 2. The number of hydrogen-bond acceptors (Lipinski definition) is 6. The summed E-state index contributed by atoms with van der Waals surface area (Å²) in [5.74, 6) is -2.98. The Morgan fingerprint density at radius 2 is 1.52 bits per heavy atom. The average Bonchev–Trinajstić information content (AvgIpc) is 3.07. The van der Waals surface area contributed by atoms with Crippen molar-refractivity contribution in [1.82, 2.24) is 3.97 Å². The summed E-state index contributed by atoms with van der Waals surface area (Å²) in [6, 6.07) is 13.4. The van der Waals surface area contributed by atoms with E-state index in [0.29, 0.717) is 16.5 Å². The Morgan fingerprint density at radius 3 is 2.13 bits per heavy atom. The normalized spacial score (nSPS) is 16.2.